The molecule has 0 spiro atoms. The summed E-state index contributed by atoms with van der Waals surface area (Å²) in [7, 11) is -3.14. The highest BCUT2D eigenvalue weighted by molar-refractivity contribution is 7.88. The Hall–Kier alpha value is -1.38. The maximum Gasteiger partial charge on any atom is 0.372 e. The molecule has 1 aliphatic rings. The molecule has 0 aliphatic carbocycles. The highest BCUT2D eigenvalue weighted by Gasteiger charge is 2.24. The third-order valence-electron chi connectivity index (χ3n) is 3.14. The van der Waals surface area contributed by atoms with E-state index >= 15 is 0 Å². The number of rotatable bonds is 4. The van der Waals surface area contributed by atoms with E-state index in [4.69, 9.17) is 9.52 Å². The maximum atomic E-state index is 11.4. The van der Waals surface area contributed by atoms with Crippen LogP contribution < -0.4 is 0 Å². The van der Waals surface area contributed by atoms with Crippen LogP contribution >= 0.6 is 0 Å². The smallest absolute Gasteiger partial charge is 0.372 e. The highest BCUT2D eigenvalue weighted by Crippen LogP contribution is 2.15. The highest BCUT2D eigenvalue weighted by atomic mass is 32.2. The number of carbonyl (C=O) groups is 1. The van der Waals surface area contributed by atoms with Crippen molar-refractivity contribution in [3.63, 3.8) is 0 Å². The average molecular weight is 288 g/mol. The van der Waals surface area contributed by atoms with Crippen LogP contribution in [0.15, 0.2) is 16.7 Å². The molecule has 1 aromatic heterocycles. The molecule has 7 nitrogen and oxygen atoms in total. The molecule has 0 aromatic carbocycles. The lowest BCUT2D eigenvalue weighted by Crippen LogP contribution is -2.47. The molecule has 106 valence electrons. The maximum absolute atomic E-state index is 11.4. The first kappa shape index (κ1) is 14.0. The van der Waals surface area contributed by atoms with Crippen molar-refractivity contribution in [2.45, 2.75) is 6.54 Å². The third kappa shape index (κ3) is 3.34. The average Bonchev–Trinajstić information content (AvgIpc) is 2.77. The summed E-state index contributed by atoms with van der Waals surface area (Å²) in [5.41, 5.74) is 0.611. The lowest BCUT2D eigenvalue weighted by atomic mass is 10.2. The second kappa shape index (κ2) is 5.32. The fraction of sp³-hybridized carbons (Fsp3) is 0.545. The largest absolute Gasteiger partial charge is 0.475 e. The summed E-state index contributed by atoms with van der Waals surface area (Å²) in [6, 6.07) is 1.63. The van der Waals surface area contributed by atoms with Crippen molar-refractivity contribution >= 4 is 16.0 Å². The van der Waals surface area contributed by atoms with E-state index in [1.54, 1.807) is 6.07 Å². The van der Waals surface area contributed by atoms with E-state index in [0.717, 1.165) is 0 Å². The molecule has 0 saturated carbocycles. The zero-order valence-corrected chi connectivity index (χ0v) is 11.4. The van der Waals surface area contributed by atoms with Crippen molar-refractivity contribution in [1.29, 1.82) is 0 Å². The van der Waals surface area contributed by atoms with Crippen molar-refractivity contribution in [2.75, 3.05) is 32.4 Å². The lowest BCUT2D eigenvalue weighted by Gasteiger charge is -2.32. The minimum Gasteiger partial charge on any atom is -0.475 e. The minimum absolute atomic E-state index is 0.0504. The molecule has 1 fully saturated rings. The second-order valence-corrected chi connectivity index (χ2v) is 6.50. The molecule has 19 heavy (non-hydrogen) atoms. The Bertz CT molecular complexity index is 557. The van der Waals surface area contributed by atoms with E-state index in [9.17, 15) is 13.2 Å². The van der Waals surface area contributed by atoms with Gasteiger partial charge < -0.3 is 9.52 Å². The fourth-order valence-corrected chi connectivity index (χ4v) is 2.93. The van der Waals surface area contributed by atoms with Crippen LogP contribution in [-0.4, -0.2) is 61.1 Å². The number of furan rings is 1. The number of aromatic carboxylic acids is 1. The molecular formula is C11H16N2O5S. The quantitative estimate of drug-likeness (QED) is 0.842. The topological polar surface area (TPSA) is 91.1 Å². The Kier molecular flexibility index (Phi) is 3.93. The van der Waals surface area contributed by atoms with Gasteiger partial charge >= 0.3 is 5.97 Å². The minimum atomic E-state index is -3.14. The molecule has 2 heterocycles. The van der Waals surface area contributed by atoms with Crippen molar-refractivity contribution in [3.8, 4) is 0 Å². The van der Waals surface area contributed by atoms with Crippen molar-refractivity contribution in [3.05, 3.63) is 23.7 Å². The van der Waals surface area contributed by atoms with Crippen molar-refractivity contribution < 1.29 is 22.7 Å². The van der Waals surface area contributed by atoms with Crippen LogP contribution in [0, 0.1) is 0 Å². The van der Waals surface area contributed by atoms with Gasteiger partial charge in [-0.25, -0.2) is 13.2 Å². The van der Waals surface area contributed by atoms with Crippen LogP contribution in [0.5, 0.6) is 0 Å². The third-order valence-corrected chi connectivity index (χ3v) is 4.44. The van der Waals surface area contributed by atoms with Crippen LogP contribution in [0.4, 0.5) is 0 Å². The number of hydrogen-bond acceptors (Lipinski definition) is 5. The Labute approximate surface area is 111 Å². The Morgan fingerprint density at radius 2 is 2.00 bits per heavy atom. The molecule has 0 bridgehead atoms. The van der Waals surface area contributed by atoms with E-state index in [0.29, 0.717) is 38.3 Å². The van der Waals surface area contributed by atoms with Gasteiger partial charge in [-0.15, -0.1) is 0 Å². The van der Waals surface area contributed by atoms with Crippen LogP contribution in [0.3, 0.4) is 0 Å². The van der Waals surface area contributed by atoms with E-state index in [-0.39, 0.29) is 5.76 Å². The van der Waals surface area contributed by atoms with Gasteiger partial charge in [0, 0.05) is 38.3 Å². The zero-order valence-electron chi connectivity index (χ0n) is 10.6. The molecule has 1 N–H and O–H groups in total. The molecule has 1 aromatic rings. The lowest BCUT2D eigenvalue weighted by molar-refractivity contribution is 0.0658. The second-order valence-electron chi connectivity index (χ2n) is 4.52. The standard InChI is InChI=1S/C11H16N2O5S/c1-19(16,17)13-5-3-12(4-6-13)8-9-2-7-18-10(9)11(14)15/h2,7H,3-6,8H2,1H3,(H,14,15). The normalized spacial score (nSPS) is 18.6. The first-order chi connectivity index (χ1) is 8.88. The predicted molar refractivity (Wildman–Crippen MR) is 67.4 cm³/mol. The van der Waals surface area contributed by atoms with Crippen LogP contribution in [0.2, 0.25) is 0 Å². The van der Waals surface area contributed by atoms with Gasteiger partial charge in [0.1, 0.15) is 0 Å². The SMILES string of the molecule is CS(=O)(=O)N1CCN(Cc2ccoc2C(=O)O)CC1. The molecule has 0 amide bonds. The monoisotopic (exact) mass is 288 g/mol. The number of nitrogens with zero attached hydrogens (tertiary/aromatic N) is 2. The van der Waals surface area contributed by atoms with Gasteiger partial charge in [0.2, 0.25) is 15.8 Å². The van der Waals surface area contributed by atoms with Gasteiger partial charge in [-0.1, -0.05) is 0 Å². The van der Waals surface area contributed by atoms with E-state index in [2.05, 4.69) is 0 Å². The van der Waals surface area contributed by atoms with Crippen molar-refractivity contribution in [1.82, 2.24) is 9.21 Å². The Morgan fingerprint density at radius 3 is 2.53 bits per heavy atom. The summed E-state index contributed by atoms with van der Waals surface area (Å²) in [6.07, 6.45) is 2.55. The molecule has 1 aliphatic heterocycles. The number of piperazine rings is 1. The molecule has 8 heteroatoms. The summed E-state index contributed by atoms with van der Waals surface area (Å²) in [6.45, 7) is 2.47. The summed E-state index contributed by atoms with van der Waals surface area (Å²) in [5, 5.41) is 8.93. The van der Waals surface area contributed by atoms with Crippen LogP contribution in [0.25, 0.3) is 0 Å². The molecule has 0 unspecified atom stereocenters. The number of carboxylic acids is 1. The zero-order chi connectivity index (χ0) is 14.0. The summed E-state index contributed by atoms with van der Waals surface area (Å²) in [5.74, 6) is -1.14. The van der Waals surface area contributed by atoms with E-state index < -0.39 is 16.0 Å². The summed E-state index contributed by atoms with van der Waals surface area (Å²) < 4.78 is 29.1. The summed E-state index contributed by atoms with van der Waals surface area (Å²) in [4.78, 5) is 12.9. The summed E-state index contributed by atoms with van der Waals surface area (Å²) >= 11 is 0. The number of hydrogen-bond donors (Lipinski definition) is 1. The number of sulfonamides is 1. The van der Waals surface area contributed by atoms with Gasteiger partial charge in [-0.3, -0.25) is 4.90 Å². The van der Waals surface area contributed by atoms with Gasteiger partial charge in [-0.2, -0.15) is 4.31 Å². The molecule has 2 rings (SSSR count). The van der Waals surface area contributed by atoms with Gasteiger partial charge in [-0.05, 0) is 6.07 Å². The fourth-order valence-electron chi connectivity index (χ4n) is 2.11. The van der Waals surface area contributed by atoms with Gasteiger partial charge in [0.15, 0.2) is 0 Å². The molecule has 1 saturated heterocycles. The van der Waals surface area contributed by atoms with E-state index in [1.807, 2.05) is 4.90 Å². The molecular weight excluding hydrogens is 272 g/mol. The first-order valence-electron chi connectivity index (χ1n) is 5.85. The molecule has 0 atom stereocenters. The Balaban J connectivity index is 1.96. The van der Waals surface area contributed by atoms with Crippen LogP contribution in [-0.2, 0) is 16.6 Å². The molecule has 0 radical (unpaired) electrons. The van der Waals surface area contributed by atoms with Crippen molar-refractivity contribution in [2.24, 2.45) is 0 Å². The van der Waals surface area contributed by atoms with Gasteiger partial charge in [0.25, 0.3) is 0 Å². The van der Waals surface area contributed by atoms with E-state index in [1.165, 1.54) is 16.8 Å². The number of carboxylic acid groups (broad SMARTS) is 1. The van der Waals surface area contributed by atoms with Crippen LogP contribution in [0.1, 0.15) is 16.1 Å². The Morgan fingerprint density at radius 1 is 1.37 bits per heavy atom. The predicted octanol–water partition coefficient (Wildman–Crippen LogP) is 0.0550. The first-order valence-corrected chi connectivity index (χ1v) is 7.70. The van der Waals surface area contributed by atoms with Gasteiger partial charge in [0.05, 0.1) is 12.5 Å².